The number of hydrogen-bond donors (Lipinski definition) is 1. The first-order chi connectivity index (χ1) is 11.8. The Bertz CT molecular complexity index is 860. The van der Waals surface area contributed by atoms with Gasteiger partial charge in [-0.15, -0.1) is 0 Å². The molecule has 1 atom stereocenters. The number of benzene rings is 1. The molecule has 0 aliphatic heterocycles. The number of rotatable bonds is 6. The van der Waals surface area contributed by atoms with E-state index in [0.29, 0.717) is 16.4 Å². The average Bonchev–Trinajstić information content (AvgIpc) is 2.55. The fourth-order valence-corrected chi connectivity index (χ4v) is 3.11. The molecule has 0 fully saturated rings. The number of thioether (sulfide) groups is 1. The van der Waals surface area contributed by atoms with Crippen molar-refractivity contribution in [3.05, 3.63) is 57.0 Å². The van der Waals surface area contributed by atoms with Gasteiger partial charge in [0.25, 0.3) is 5.56 Å². The minimum atomic E-state index is -0.478. The van der Waals surface area contributed by atoms with E-state index in [9.17, 15) is 14.4 Å². The van der Waals surface area contributed by atoms with Crippen LogP contribution in [0.4, 0.5) is 0 Å². The van der Waals surface area contributed by atoms with Crippen LogP contribution in [-0.2, 0) is 16.0 Å². The smallest absolute Gasteiger partial charge is 0.311 e. The summed E-state index contributed by atoms with van der Waals surface area (Å²) in [4.78, 5) is 42.5. The van der Waals surface area contributed by atoms with Gasteiger partial charge in [-0.05, 0) is 38.0 Å². The molecule has 0 bridgehead atoms. The molecule has 1 N–H and O–H groups in total. The Hall–Kier alpha value is -2.41. The van der Waals surface area contributed by atoms with Crippen LogP contribution in [0.1, 0.15) is 34.1 Å². The second-order valence-electron chi connectivity index (χ2n) is 5.72. The van der Waals surface area contributed by atoms with Crippen molar-refractivity contribution in [3.63, 3.8) is 0 Å². The molecule has 0 aliphatic carbocycles. The van der Waals surface area contributed by atoms with Gasteiger partial charge in [0.1, 0.15) is 0 Å². The number of H-pyrrole nitrogens is 1. The van der Waals surface area contributed by atoms with E-state index in [-0.39, 0.29) is 17.8 Å². The van der Waals surface area contributed by atoms with Gasteiger partial charge in [-0.3, -0.25) is 14.4 Å². The summed E-state index contributed by atoms with van der Waals surface area (Å²) in [7, 11) is 1.27. The van der Waals surface area contributed by atoms with Crippen LogP contribution < -0.4 is 5.56 Å². The molecule has 0 saturated heterocycles. The Balaban J connectivity index is 2.17. The van der Waals surface area contributed by atoms with E-state index < -0.39 is 11.2 Å². The molecule has 6 nitrogen and oxygen atoms in total. The Morgan fingerprint density at radius 3 is 2.60 bits per heavy atom. The summed E-state index contributed by atoms with van der Waals surface area (Å²) in [5.74, 6) is -0.526. The summed E-state index contributed by atoms with van der Waals surface area (Å²) >= 11 is 1.15. The van der Waals surface area contributed by atoms with Crippen molar-refractivity contribution in [2.75, 3.05) is 7.11 Å². The molecule has 0 saturated carbocycles. The minimum absolute atomic E-state index is 0.0471. The first-order valence-electron chi connectivity index (χ1n) is 7.75. The predicted octanol–water partition coefficient (Wildman–Crippen LogP) is 2.47. The Labute approximate surface area is 150 Å². The molecule has 0 aliphatic rings. The van der Waals surface area contributed by atoms with Crippen molar-refractivity contribution >= 4 is 23.5 Å². The van der Waals surface area contributed by atoms with Crippen LogP contribution >= 0.6 is 11.8 Å². The number of ketones is 1. The van der Waals surface area contributed by atoms with Crippen molar-refractivity contribution in [1.82, 2.24) is 9.97 Å². The predicted molar refractivity (Wildman–Crippen MR) is 96.1 cm³/mol. The molecule has 1 aromatic heterocycles. The van der Waals surface area contributed by atoms with E-state index in [1.165, 1.54) is 13.2 Å². The number of aryl methyl sites for hydroxylation is 2. The molecule has 25 heavy (non-hydrogen) atoms. The van der Waals surface area contributed by atoms with Crippen LogP contribution in [-0.4, -0.2) is 34.1 Å². The Kier molecular flexibility index (Phi) is 6.14. The zero-order valence-electron chi connectivity index (χ0n) is 14.6. The molecular weight excluding hydrogens is 340 g/mol. The van der Waals surface area contributed by atoms with Crippen molar-refractivity contribution in [1.29, 1.82) is 0 Å². The van der Waals surface area contributed by atoms with Crippen LogP contribution in [0.25, 0.3) is 0 Å². The number of methoxy groups -OCH3 is 1. The fourth-order valence-electron chi connectivity index (χ4n) is 2.20. The number of nitrogens with one attached hydrogen (secondary N) is 1. The van der Waals surface area contributed by atoms with Crippen LogP contribution in [0, 0.1) is 13.8 Å². The van der Waals surface area contributed by atoms with Crippen molar-refractivity contribution in [3.8, 4) is 0 Å². The second-order valence-corrected chi connectivity index (χ2v) is 7.05. The highest BCUT2D eigenvalue weighted by molar-refractivity contribution is 8.00. The number of hydrogen-bond acceptors (Lipinski definition) is 6. The van der Waals surface area contributed by atoms with Crippen molar-refractivity contribution in [2.24, 2.45) is 0 Å². The molecule has 0 radical (unpaired) electrons. The zero-order chi connectivity index (χ0) is 18.6. The number of carbonyl (C=O) groups excluding carboxylic acids is 2. The van der Waals surface area contributed by atoms with E-state index in [2.05, 4.69) is 14.7 Å². The van der Waals surface area contributed by atoms with Crippen LogP contribution in [0.5, 0.6) is 0 Å². The lowest BCUT2D eigenvalue weighted by Crippen LogP contribution is -2.18. The molecule has 0 amide bonds. The highest BCUT2D eigenvalue weighted by Crippen LogP contribution is 2.23. The first-order valence-corrected chi connectivity index (χ1v) is 8.63. The SMILES string of the molecule is COC(=O)Cc1cc(=O)[nH]c(S[C@@H](C)C(=O)c2ccc(C)c(C)c2)n1. The number of ether oxygens (including phenoxy) is 1. The van der Waals surface area contributed by atoms with Gasteiger partial charge in [0.05, 0.1) is 24.5 Å². The quantitative estimate of drug-likeness (QED) is 0.368. The van der Waals surface area contributed by atoms with Crippen molar-refractivity contribution in [2.45, 2.75) is 37.6 Å². The second kappa shape index (κ2) is 8.11. The maximum Gasteiger partial charge on any atom is 0.311 e. The van der Waals surface area contributed by atoms with E-state index in [4.69, 9.17) is 0 Å². The summed E-state index contributed by atoms with van der Waals surface area (Å²) in [5.41, 5.74) is 2.73. The monoisotopic (exact) mass is 360 g/mol. The lowest BCUT2D eigenvalue weighted by Gasteiger charge is -2.11. The van der Waals surface area contributed by atoms with E-state index in [1.807, 2.05) is 26.0 Å². The lowest BCUT2D eigenvalue weighted by atomic mass is 10.0. The molecule has 1 aromatic carbocycles. The lowest BCUT2D eigenvalue weighted by molar-refractivity contribution is -0.139. The number of nitrogens with zero attached hydrogens (tertiary/aromatic N) is 1. The number of carbonyl (C=O) groups is 2. The normalized spacial score (nSPS) is 11.8. The maximum absolute atomic E-state index is 12.6. The highest BCUT2D eigenvalue weighted by Gasteiger charge is 2.19. The van der Waals surface area contributed by atoms with Gasteiger partial charge in [0.15, 0.2) is 10.9 Å². The molecule has 2 aromatic rings. The molecule has 2 rings (SSSR count). The van der Waals surface area contributed by atoms with Crippen LogP contribution in [0.15, 0.2) is 34.2 Å². The van der Waals surface area contributed by atoms with Gasteiger partial charge in [-0.1, -0.05) is 23.9 Å². The maximum atomic E-state index is 12.6. The third-order valence-corrected chi connectivity index (χ3v) is 4.76. The molecule has 1 heterocycles. The Morgan fingerprint density at radius 2 is 1.96 bits per heavy atom. The number of Topliss-reactive ketones (excluding diaryl/α,β-unsaturated/α-hetero) is 1. The summed E-state index contributed by atoms with van der Waals surface area (Å²) < 4.78 is 4.58. The van der Waals surface area contributed by atoms with Gasteiger partial charge >= 0.3 is 5.97 Å². The summed E-state index contributed by atoms with van der Waals surface area (Å²) in [5, 5.41) is -0.130. The van der Waals surface area contributed by atoms with E-state index >= 15 is 0 Å². The largest absolute Gasteiger partial charge is 0.469 e. The molecule has 0 unspecified atom stereocenters. The third kappa shape index (κ3) is 5.03. The van der Waals surface area contributed by atoms with Gasteiger partial charge in [-0.2, -0.15) is 0 Å². The minimum Gasteiger partial charge on any atom is -0.469 e. The van der Waals surface area contributed by atoms with Gasteiger partial charge in [-0.25, -0.2) is 4.98 Å². The molecule has 0 spiro atoms. The molecule has 132 valence electrons. The van der Waals surface area contributed by atoms with Gasteiger partial charge < -0.3 is 9.72 Å². The van der Waals surface area contributed by atoms with Gasteiger partial charge in [0.2, 0.25) is 0 Å². The number of aromatic amines is 1. The van der Waals surface area contributed by atoms with E-state index in [0.717, 1.165) is 22.9 Å². The van der Waals surface area contributed by atoms with Crippen LogP contribution in [0.2, 0.25) is 0 Å². The number of esters is 1. The zero-order valence-corrected chi connectivity index (χ0v) is 15.4. The standard InChI is InChI=1S/C18H20N2O4S/c1-10-5-6-13(7-11(10)2)17(23)12(3)25-18-19-14(8-15(21)20-18)9-16(22)24-4/h5-8,12H,9H2,1-4H3,(H,19,20,21)/t12-/m0/s1. The summed E-state index contributed by atoms with van der Waals surface area (Å²) in [6, 6.07) is 6.82. The topological polar surface area (TPSA) is 89.1 Å². The van der Waals surface area contributed by atoms with Crippen LogP contribution in [0.3, 0.4) is 0 Å². The molecular formula is C18H20N2O4S. The Morgan fingerprint density at radius 1 is 1.24 bits per heavy atom. The number of aromatic nitrogens is 2. The summed E-state index contributed by atoms with van der Waals surface area (Å²) in [6.07, 6.45) is -0.0898. The summed E-state index contributed by atoms with van der Waals surface area (Å²) in [6.45, 7) is 5.71. The van der Waals surface area contributed by atoms with E-state index in [1.54, 1.807) is 13.0 Å². The third-order valence-electron chi connectivity index (χ3n) is 3.78. The first kappa shape index (κ1) is 18.9. The van der Waals surface area contributed by atoms with Gasteiger partial charge in [0, 0.05) is 11.6 Å². The fraction of sp³-hybridized carbons (Fsp3) is 0.333. The van der Waals surface area contributed by atoms with Crippen molar-refractivity contribution < 1.29 is 14.3 Å². The average molecular weight is 360 g/mol. The molecule has 7 heteroatoms. The highest BCUT2D eigenvalue weighted by atomic mass is 32.2.